The molecule has 0 bridgehead atoms. The summed E-state index contributed by atoms with van der Waals surface area (Å²) in [7, 11) is 0. The Morgan fingerprint density at radius 1 is 1.00 bits per heavy atom. The van der Waals surface area contributed by atoms with E-state index in [1.807, 2.05) is 30.3 Å². The maximum atomic E-state index is 9.76. The molecule has 104 valence electrons. The molecule has 5 nitrogen and oxygen atoms in total. The van der Waals surface area contributed by atoms with Crippen molar-refractivity contribution in [2.24, 2.45) is 10.2 Å². The third kappa shape index (κ3) is 2.84. The lowest BCUT2D eigenvalue weighted by atomic mass is 10.0. The number of rotatable bonds is 3. The quantitative estimate of drug-likeness (QED) is 0.591. The monoisotopic (exact) mass is 272 g/mol. The molecule has 0 aliphatic carbocycles. The molecular formula is C15H16N2O3. The first-order valence-corrected chi connectivity index (χ1v) is 6.16. The van der Waals surface area contributed by atoms with Gasteiger partial charge in [0.15, 0.2) is 6.29 Å². The van der Waals surface area contributed by atoms with Crippen LogP contribution in [0.15, 0.2) is 46.6 Å². The van der Waals surface area contributed by atoms with Crippen LogP contribution in [0.3, 0.4) is 0 Å². The topological polar surface area (TPSA) is 85.4 Å². The van der Waals surface area contributed by atoms with Crippen LogP contribution < -0.4 is 0 Å². The predicted octanol–water partition coefficient (Wildman–Crippen LogP) is 3.41. The Morgan fingerprint density at radius 3 is 2.25 bits per heavy atom. The molecule has 0 heterocycles. The molecule has 0 saturated heterocycles. The Kier molecular flexibility index (Phi) is 4.12. The minimum Gasteiger partial charge on any atom is -0.507 e. The third-order valence-corrected chi connectivity index (χ3v) is 3.04. The zero-order valence-electron chi connectivity index (χ0n) is 11.3. The molecule has 5 heteroatoms. The number of hydrogen-bond donors (Lipinski definition) is 3. The number of phenolic OH excluding ortho intramolecular Hbond substituents is 1. The van der Waals surface area contributed by atoms with E-state index in [0.717, 1.165) is 0 Å². The van der Waals surface area contributed by atoms with Crippen LogP contribution in [0.25, 0.3) is 0 Å². The lowest BCUT2D eigenvalue weighted by Gasteiger charge is -2.14. The number of hydrogen-bond acceptors (Lipinski definition) is 5. The third-order valence-electron chi connectivity index (χ3n) is 3.04. The second kappa shape index (κ2) is 5.81. The number of azo groups is 1. The summed E-state index contributed by atoms with van der Waals surface area (Å²) in [4.78, 5) is 0. The van der Waals surface area contributed by atoms with Crippen LogP contribution >= 0.6 is 0 Å². The minimum atomic E-state index is -1.75. The maximum absolute atomic E-state index is 9.76. The number of aromatic hydroxyl groups is 1. The highest BCUT2D eigenvalue weighted by Gasteiger charge is 2.17. The molecule has 0 amide bonds. The van der Waals surface area contributed by atoms with Crippen LogP contribution in [0.1, 0.15) is 23.0 Å². The average Bonchev–Trinajstić information content (AvgIpc) is 2.38. The van der Waals surface area contributed by atoms with E-state index in [1.165, 1.54) is 6.07 Å². The molecule has 0 spiro atoms. The Hall–Kier alpha value is -2.24. The van der Waals surface area contributed by atoms with Crippen molar-refractivity contribution in [1.82, 2.24) is 0 Å². The number of aliphatic hydroxyl groups excluding tert-OH is 1. The van der Waals surface area contributed by atoms with Gasteiger partial charge in [-0.3, -0.25) is 0 Å². The summed E-state index contributed by atoms with van der Waals surface area (Å²) in [6.45, 7) is 3.44. The van der Waals surface area contributed by atoms with Gasteiger partial charge >= 0.3 is 0 Å². The van der Waals surface area contributed by atoms with Gasteiger partial charge in [0.05, 0.1) is 16.9 Å². The van der Waals surface area contributed by atoms with Crippen molar-refractivity contribution in [3.05, 3.63) is 53.1 Å². The molecular weight excluding hydrogens is 256 g/mol. The molecule has 2 rings (SSSR count). The summed E-state index contributed by atoms with van der Waals surface area (Å²) in [5.41, 5.74) is 2.49. The number of aryl methyl sites for hydroxylation is 1. The van der Waals surface area contributed by atoms with Crippen molar-refractivity contribution in [1.29, 1.82) is 0 Å². The second-order valence-electron chi connectivity index (χ2n) is 4.51. The van der Waals surface area contributed by atoms with Gasteiger partial charge in [-0.25, -0.2) is 0 Å². The summed E-state index contributed by atoms with van der Waals surface area (Å²) in [5, 5.41) is 36.6. The van der Waals surface area contributed by atoms with Crippen LogP contribution in [0.5, 0.6) is 5.75 Å². The van der Waals surface area contributed by atoms with Crippen molar-refractivity contribution < 1.29 is 15.3 Å². The lowest BCUT2D eigenvalue weighted by Crippen LogP contribution is -2.00. The van der Waals surface area contributed by atoms with Gasteiger partial charge in [-0.2, -0.15) is 5.11 Å². The van der Waals surface area contributed by atoms with E-state index in [0.29, 0.717) is 22.5 Å². The Balaban J connectivity index is 2.47. The molecule has 20 heavy (non-hydrogen) atoms. The largest absolute Gasteiger partial charge is 0.507 e. The van der Waals surface area contributed by atoms with E-state index in [1.54, 1.807) is 13.8 Å². The summed E-state index contributed by atoms with van der Waals surface area (Å²) >= 11 is 0. The molecule has 0 unspecified atom stereocenters. The van der Waals surface area contributed by atoms with E-state index >= 15 is 0 Å². The molecule has 2 aromatic rings. The van der Waals surface area contributed by atoms with E-state index in [9.17, 15) is 15.3 Å². The van der Waals surface area contributed by atoms with Crippen LogP contribution in [0, 0.1) is 13.8 Å². The van der Waals surface area contributed by atoms with Crippen molar-refractivity contribution in [3.8, 4) is 5.75 Å². The first-order chi connectivity index (χ1) is 9.50. The van der Waals surface area contributed by atoms with Gasteiger partial charge in [0.25, 0.3) is 0 Å². The standard InChI is InChI=1S/C15H16N2O3/c1-9-8-12(18)13(15(19)20)10(2)14(9)17-16-11-6-4-3-5-7-11/h3-8,15,18-20H,1-2H3. The number of benzene rings is 2. The molecule has 0 aliphatic heterocycles. The fourth-order valence-corrected chi connectivity index (χ4v) is 2.05. The SMILES string of the molecule is Cc1cc(O)c(C(O)O)c(C)c1N=Nc1ccccc1. The zero-order valence-corrected chi connectivity index (χ0v) is 11.3. The van der Waals surface area contributed by atoms with Crippen molar-refractivity contribution >= 4 is 11.4 Å². The minimum absolute atomic E-state index is 0.0533. The predicted molar refractivity (Wildman–Crippen MR) is 75.4 cm³/mol. The second-order valence-corrected chi connectivity index (χ2v) is 4.51. The average molecular weight is 272 g/mol. The van der Waals surface area contributed by atoms with Crippen molar-refractivity contribution in [3.63, 3.8) is 0 Å². The van der Waals surface area contributed by atoms with Gasteiger partial charge in [-0.15, -0.1) is 5.11 Å². The Labute approximate surface area is 116 Å². The number of aliphatic hydroxyl groups is 2. The summed E-state index contributed by atoms with van der Waals surface area (Å²) in [6.07, 6.45) is -1.75. The van der Waals surface area contributed by atoms with Gasteiger partial charge in [0.2, 0.25) is 0 Å². The zero-order chi connectivity index (χ0) is 14.7. The van der Waals surface area contributed by atoms with Gasteiger partial charge in [-0.1, -0.05) is 18.2 Å². The molecule has 0 radical (unpaired) electrons. The van der Waals surface area contributed by atoms with Crippen LogP contribution in [-0.2, 0) is 0 Å². The molecule has 0 atom stereocenters. The Morgan fingerprint density at radius 2 is 1.65 bits per heavy atom. The van der Waals surface area contributed by atoms with Gasteiger partial charge < -0.3 is 15.3 Å². The maximum Gasteiger partial charge on any atom is 0.182 e. The van der Waals surface area contributed by atoms with Crippen LogP contribution in [0.2, 0.25) is 0 Å². The smallest absolute Gasteiger partial charge is 0.182 e. The lowest BCUT2D eigenvalue weighted by molar-refractivity contribution is -0.0442. The van der Waals surface area contributed by atoms with E-state index in [2.05, 4.69) is 10.2 Å². The summed E-state index contributed by atoms with van der Waals surface area (Å²) < 4.78 is 0. The number of nitrogens with zero attached hydrogens (tertiary/aromatic N) is 2. The van der Waals surface area contributed by atoms with Crippen LogP contribution in [-0.4, -0.2) is 15.3 Å². The first-order valence-electron chi connectivity index (χ1n) is 6.16. The van der Waals surface area contributed by atoms with Gasteiger partial charge in [-0.05, 0) is 43.2 Å². The highest BCUT2D eigenvalue weighted by Crippen LogP contribution is 2.36. The molecule has 0 aliphatic rings. The molecule has 0 saturated carbocycles. The molecule has 2 aromatic carbocycles. The highest BCUT2D eigenvalue weighted by atomic mass is 16.5. The molecule has 0 fully saturated rings. The fourth-order valence-electron chi connectivity index (χ4n) is 2.05. The van der Waals surface area contributed by atoms with Crippen molar-refractivity contribution in [2.75, 3.05) is 0 Å². The highest BCUT2D eigenvalue weighted by molar-refractivity contribution is 5.60. The molecule has 0 aromatic heterocycles. The molecule has 3 N–H and O–H groups in total. The van der Waals surface area contributed by atoms with E-state index in [-0.39, 0.29) is 11.3 Å². The van der Waals surface area contributed by atoms with Crippen molar-refractivity contribution in [2.45, 2.75) is 20.1 Å². The van der Waals surface area contributed by atoms with Gasteiger partial charge in [0.1, 0.15) is 5.75 Å². The number of phenols is 1. The normalized spacial score (nSPS) is 11.4. The Bertz CT molecular complexity index is 637. The first kappa shape index (κ1) is 14.2. The summed E-state index contributed by atoms with van der Waals surface area (Å²) in [5.74, 6) is -0.159. The van der Waals surface area contributed by atoms with E-state index < -0.39 is 6.29 Å². The fraction of sp³-hybridized carbons (Fsp3) is 0.200. The van der Waals surface area contributed by atoms with E-state index in [4.69, 9.17) is 0 Å². The van der Waals surface area contributed by atoms with Gasteiger partial charge in [0, 0.05) is 0 Å². The summed E-state index contributed by atoms with van der Waals surface area (Å²) in [6, 6.07) is 10.7. The van der Waals surface area contributed by atoms with Crippen LogP contribution in [0.4, 0.5) is 11.4 Å².